The predicted octanol–water partition coefficient (Wildman–Crippen LogP) is 6.72. The molecule has 5 rings (SSSR count). The van der Waals surface area contributed by atoms with Crippen LogP contribution in [-0.4, -0.2) is 15.2 Å². The zero-order valence-corrected chi connectivity index (χ0v) is 17.3. The number of phenols is 2. The van der Waals surface area contributed by atoms with Crippen molar-refractivity contribution in [2.45, 2.75) is 6.04 Å². The van der Waals surface area contributed by atoms with Crippen LogP contribution in [0, 0.1) is 0 Å². The minimum absolute atomic E-state index is 0.189. The van der Waals surface area contributed by atoms with Gasteiger partial charge in [-0.2, -0.15) is 0 Å². The highest BCUT2D eigenvalue weighted by Crippen LogP contribution is 2.39. The molecule has 4 aromatic carbocycles. The van der Waals surface area contributed by atoms with Crippen molar-refractivity contribution >= 4 is 49.1 Å². The van der Waals surface area contributed by atoms with Crippen LogP contribution in [0.3, 0.4) is 0 Å². The van der Waals surface area contributed by atoms with Crippen molar-refractivity contribution in [3.05, 3.63) is 95.0 Å². The number of thiazole rings is 1. The smallest absolute Gasteiger partial charge is 0.184 e. The standard InChI is InChI=1S/C24H17ClN2O2S/c25-16-8-11-19-21(13-16)30-24(26-19)27-23(15-5-9-17(28)10-6-15)22-18-4-2-1-3-14(18)7-12-20(22)29/h1-13,23,28-29H,(H,26,27). The maximum absolute atomic E-state index is 10.8. The summed E-state index contributed by atoms with van der Waals surface area (Å²) < 4.78 is 0.983. The highest BCUT2D eigenvalue weighted by Gasteiger charge is 2.22. The van der Waals surface area contributed by atoms with Gasteiger partial charge in [-0.15, -0.1) is 0 Å². The van der Waals surface area contributed by atoms with E-state index in [0.29, 0.717) is 5.02 Å². The van der Waals surface area contributed by atoms with Crippen LogP contribution < -0.4 is 5.32 Å². The van der Waals surface area contributed by atoms with Crippen LogP contribution in [0.5, 0.6) is 11.5 Å². The van der Waals surface area contributed by atoms with Crippen molar-refractivity contribution in [2.24, 2.45) is 0 Å². The van der Waals surface area contributed by atoms with E-state index in [9.17, 15) is 10.2 Å². The van der Waals surface area contributed by atoms with Crippen molar-refractivity contribution in [1.82, 2.24) is 4.98 Å². The molecule has 30 heavy (non-hydrogen) atoms. The van der Waals surface area contributed by atoms with E-state index in [1.165, 1.54) is 11.3 Å². The summed E-state index contributed by atoms with van der Waals surface area (Å²) in [6.45, 7) is 0. The Kier molecular flexibility index (Phi) is 4.69. The van der Waals surface area contributed by atoms with Gasteiger partial charge in [0.05, 0.1) is 16.3 Å². The van der Waals surface area contributed by atoms with Gasteiger partial charge in [0.15, 0.2) is 5.13 Å². The molecule has 0 spiro atoms. The van der Waals surface area contributed by atoms with Gasteiger partial charge in [-0.25, -0.2) is 4.98 Å². The van der Waals surface area contributed by atoms with Gasteiger partial charge in [0.1, 0.15) is 11.5 Å². The average molecular weight is 433 g/mol. The Balaban J connectivity index is 1.68. The van der Waals surface area contributed by atoms with Gasteiger partial charge in [0.2, 0.25) is 0 Å². The molecule has 148 valence electrons. The number of fused-ring (bicyclic) bond motifs is 2. The van der Waals surface area contributed by atoms with E-state index in [0.717, 1.165) is 37.2 Å². The lowest BCUT2D eigenvalue weighted by molar-refractivity contribution is 0.467. The second-order valence-electron chi connectivity index (χ2n) is 7.02. The maximum atomic E-state index is 10.8. The topological polar surface area (TPSA) is 65.4 Å². The molecular formula is C24H17ClN2O2S. The van der Waals surface area contributed by atoms with Gasteiger partial charge in [-0.3, -0.25) is 0 Å². The van der Waals surface area contributed by atoms with Gasteiger partial charge in [0.25, 0.3) is 0 Å². The fourth-order valence-corrected chi connectivity index (χ4v) is 4.83. The van der Waals surface area contributed by atoms with Crippen LogP contribution in [0.25, 0.3) is 21.0 Å². The molecule has 0 aliphatic carbocycles. The van der Waals surface area contributed by atoms with Crippen molar-refractivity contribution in [2.75, 3.05) is 5.32 Å². The van der Waals surface area contributed by atoms with E-state index in [-0.39, 0.29) is 17.5 Å². The number of phenolic OH excluding ortho intramolecular Hbond substituents is 2. The summed E-state index contributed by atoms with van der Waals surface area (Å²) >= 11 is 7.63. The number of benzene rings is 4. The van der Waals surface area contributed by atoms with Crippen LogP contribution in [0.2, 0.25) is 5.02 Å². The molecule has 0 aliphatic heterocycles. The molecule has 0 bridgehead atoms. The van der Waals surface area contributed by atoms with Gasteiger partial charge < -0.3 is 15.5 Å². The fraction of sp³-hybridized carbons (Fsp3) is 0.0417. The first-order valence-corrected chi connectivity index (χ1v) is 10.6. The lowest BCUT2D eigenvalue weighted by Crippen LogP contribution is -2.13. The molecule has 1 atom stereocenters. The highest BCUT2D eigenvalue weighted by molar-refractivity contribution is 7.22. The number of hydrogen-bond acceptors (Lipinski definition) is 5. The van der Waals surface area contributed by atoms with E-state index in [4.69, 9.17) is 11.6 Å². The second-order valence-corrected chi connectivity index (χ2v) is 8.49. The van der Waals surface area contributed by atoms with Crippen LogP contribution in [0.15, 0.2) is 78.9 Å². The Morgan fingerprint density at radius 2 is 1.70 bits per heavy atom. The molecule has 0 aliphatic rings. The molecular weight excluding hydrogens is 416 g/mol. The summed E-state index contributed by atoms with van der Waals surface area (Å²) in [7, 11) is 0. The first-order chi connectivity index (χ1) is 14.6. The minimum Gasteiger partial charge on any atom is -0.508 e. The Bertz CT molecular complexity index is 1370. The monoisotopic (exact) mass is 432 g/mol. The zero-order valence-electron chi connectivity index (χ0n) is 15.7. The summed E-state index contributed by atoms with van der Waals surface area (Å²) in [6, 6.07) is 23.8. The molecule has 6 heteroatoms. The van der Waals surface area contributed by atoms with Crippen molar-refractivity contribution in [3.8, 4) is 11.5 Å². The maximum Gasteiger partial charge on any atom is 0.184 e. The van der Waals surface area contributed by atoms with Crippen LogP contribution in [-0.2, 0) is 0 Å². The lowest BCUT2D eigenvalue weighted by atomic mass is 9.93. The lowest BCUT2D eigenvalue weighted by Gasteiger charge is -2.22. The normalized spacial score (nSPS) is 12.3. The molecule has 5 aromatic rings. The van der Waals surface area contributed by atoms with E-state index in [1.54, 1.807) is 18.2 Å². The quantitative estimate of drug-likeness (QED) is 0.295. The van der Waals surface area contributed by atoms with E-state index in [1.807, 2.05) is 60.7 Å². The molecule has 0 amide bonds. The van der Waals surface area contributed by atoms with Crippen LogP contribution >= 0.6 is 22.9 Å². The van der Waals surface area contributed by atoms with Gasteiger partial charge in [0, 0.05) is 10.6 Å². The van der Waals surface area contributed by atoms with Gasteiger partial charge >= 0.3 is 0 Å². The number of nitrogens with one attached hydrogen (secondary N) is 1. The third-order valence-corrected chi connectivity index (χ3v) is 6.27. The molecule has 0 fully saturated rings. The van der Waals surface area contributed by atoms with Crippen LogP contribution in [0.1, 0.15) is 17.2 Å². The molecule has 0 saturated carbocycles. The SMILES string of the molecule is Oc1ccc(C(Nc2nc3ccc(Cl)cc3s2)c2c(O)ccc3ccccc23)cc1. The average Bonchev–Trinajstić information content (AvgIpc) is 3.14. The Hall–Kier alpha value is -3.28. The third-order valence-electron chi connectivity index (χ3n) is 5.08. The number of anilines is 1. The third kappa shape index (κ3) is 3.43. The first-order valence-electron chi connectivity index (χ1n) is 9.41. The van der Waals surface area contributed by atoms with Crippen molar-refractivity contribution in [3.63, 3.8) is 0 Å². The summed E-state index contributed by atoms with van der Waals surface area (Å²) in [5, 5.41) is 27.4. The molecule has 1 unspecified atom stereocenters. The Morgan fingerprint density at radius 1 is 0.900 bits per heavy atom. The Labute approximate surface area is 182 Å². The predicted molar refractivity (Wildman–Crippen MR) is 124 cm³/mol. The van der Waals surface area contributed by atoms with Gasteiger partial charge in [-0.1, -0.05) is 65.4 Å². The number of hydrogen-bond donors (Lipinski definition) is 3. The Morgan fingerprint density at radius 3 is 2.53 bits per heavy atom. The van der Waals surface area contributed by atoms with Crippen LogP contribution in [0.4, 0.5) is 5.13 Å². The molecule has 1 aromatic heterocycles. The number of halogens is 1. The van der Waals surface area contributed by atoms with Crippen molar-refractivity contribution in [1.29, 1.82) is 0 Å². The number of nitrogens with zero attached hydrogens (tertiary/aromatic N) is 1. The highest BCUT2D eigenvalue weighted by atomic mass is 35.5. The van der Waals surface area contributed by atoms with E-state index >= 15 is 0 Å². The molecule has 0 radical (unpaired) electrons. The number of aromatic hydroxyl groups is 2. The zero-order chi connectivity index (χ0) is 20.7. The second kappa shape index (κ2) is 7.52. The van der Waals surface area contributed by atoms with E-state index in [2.05, 4.69) is 10.3 Å². The van der Waals surface area contributed by atoms with E-state index < -0.39 is 0 Å². The first kappa shape index (κ1) is 18.7. The number of aromatic nitrogens is 1. The summed E-state index contributed by atoms with van der Waals surface area (Å²) in [4.78, 5) is 4.69. The minimum atomic E-state index is -0.368. The summed E-state index contributed by atoms with van der Waals surface area (Å²) in [5.41, 5.74) is 2.52. The number of rotatable bonds is 4. The molecule has 0 saturated heterocycles. The molecule has 3 N–H and O–H groups in total. The van der Waals surface area contributed by atoms with Crippen molar-refractivity contribution < 1.29 is 10.2 Å². The van der Waals surface area contributed by atoms with Gasteiger partial charge in [-0.05, 0) is 52.7 Å². The fourth-order valence-electron chi connectivity index (χ4n) is 3.66. The summed E-state index contributed by atoms with van der Waals surface area (Å²) in [5.74, 6) is 0.387. The molecule has 1 heterocycles. The summed E-state index contributed by atoms with van der Waals surface area (Å²) in [6.07, 6.45) is 0. The molecule has 4 nitrogen and oxygen atoms in total. The largest absolute Gasteiger partial charge is 0.508 e.